The van der Waals surface area contributed by atoms with Crippen LogP contribution in [0.1, 0.15) is 10.4 Å². The fourth-order valence-electron chi connectivity index (χ4n) is 2.60. The molecular formula is C20H12BrFN2O2. The number of rotatable bonds is 3. The molecule has 1 amide bonds. The van der Waals surface area contributed by atoms with Crippen LogP contribution < -0.4 is 5.32 Å². The molecule has 1 heterocycles. The van der Waals surface area contributed by atoms with Gasteiger partial charge in [-0.3, -0.25) is 4.79 Å². The molecule has 4 rings (SSSR count). The fourth-order valence-corrected chi connectivity index (χ4v) is 3.06. The molecule has 3 aromatic carbocycles. The number of benzene rings is 3. The second-order valence-electron chi connectivity index (χ2n) is 5.62. The Kier molecular flexibility index (Phi) is 4.26. The predicted molar refractivity (Wildman–Crippen MR) is 101 cm³/mol. The van der Waals surface area contributed by atoms with Crippen LogP contribution in [0, 0.1) is 5.82 Å². The third kappa shape index (κ3) is 3.11. The maximum atomic E-state index is 13.9. The van der Waals surface area contributed by atoms with Crippen molar-refractivity contribution >= 4 is 38.6 Å². The van der Waals surface area contributed by atoms with Crippen LogP contribution in [-0.2, 0) is 0 Å². The second-order valence-corrected chi connectivity index (χ2v) is 6.47. The van der Waals surface area contributed by atoms with Crippen LogP contribution in [-0.4, -0.2) is 10.9 Å². The largest absolute Gasteiger partial charge is 0.436 e. The lowest BCUT2D eigenvalue weighted by Gasteiger charge is -2.06. The van der Waals surface area contributed by atoms with Crippen molar-refractivity contribution in [1.82, 2.24) is 4.98 Å². The molecule has 1 N–H and O–H groups in total. The zero-order chi connectivity index (χ0) is 18.1. The van der Waals surface area contributed by atoms with E-state index in [0.29, 0.717) is 32.4 Å². The first-order chi connectivity index (χ1) is 12.6. The summed E-state index contributed by atoms with van der Waals surface area (Å²) in [6.07, 6.45) is 0. The van der Waals surface area contributed by atoms with Crippen LogP contribution >= 0.6 is 15.9 Å². The Morgan fingerprint density at radius 3 is 2.62 bits per heavy atom. The van der Waals surface area contributed by atoms with E-state index in [-0.39, 0.29) is 11.8 Å². The van der Waals surface area contributed by atoms with Crippen LogP contribution in [0.4, 0.5) is 10.1 Å². The highest BCUT2D eigenvalue weighted by Crippen LogP contribution is 2.28. The van der Waals surface area contributed by atoms with Gasteiger partial charge in [0.1, 0.15) is 11.3 Å². The van der Waals surface area contributed by atoms with Gasteiger partial charge in [-0.15, -0.1) is 0 Å². The average Bonchev–Trinajstić information content (AvgIpc) is 3.05. The Labute approximate surface area is 156 Å². The van der Waals surface area contributed by atoms with E-state index in [1.54, 1.807) is 54.6 Å². The zero-order valence-electron chi connectivity index (χ0n) is 13.4. The first kappa shape index (κ1) is 16.5. The summed E-state index contributed by atoms with van der Waals surface area (Å²) < 4.78 is 20.3. The van der Waals surface area contributed by atoms with E-state index < -0.39 is 5.82 Å². The topological polar surface area (TPSA) is 55.1 Å². The summed E-state index contributed by atoms with van der Waals surface area (Å²) in [6.45, 7) is 0. The molecule has 4 aromatic rings. The van der Waals surface area contributed by atoms with E-state index in [4.69, 9.17) is 4.42 Å². The molecule has 0 aliphatic heterocycles. The maximum Gasteiger partial charge on any atom is 0.256 e. The van der Waals surface area contributed by atoms with E-state index in [9.17, 15) is 9.18 Å². The average molecular weight is 411 g/mol. The van der Waals surface area contributed by atoms with Crippen molar-refractivity contribution in [1.29, 1.82) is 0 Å². The summed E-state index contributed by atoms with van der Waals surface area (Å²) in [6, 6.07) is 18.6. The predicted octanol–water partition coefficient (Wildman–Crippen LogP) is 5.65. The van der Waals surface area contributed by atoms with Crippen LogP contribution in [0.3, 0.4) is 0 Å². The van der Waals surface area contributed by atoms with Gasteiger partial charge in [0, 0.05) is 10.2 Å². The number of hydrogen-bond acceptors (Lipinski definition) is 3. The highest BCUT2D eigenvalue weighted by Gasteiger charge is 2.14. The fraction of sp³-hybridized carbons (Fsp3) is 0. The Bertz CT molecular complexity index is 1120. The number of nitrogens with one attached hydrogen (secondary N) is 1. The molecule has 0 atom stereocenters. The molecule has 0 aliphatic carbocycles. The molecule has 4 nitrogen and oxygen atoms in total. The molecule has 1 aromatic heterocycles. The highest BCUT2D eigenvalue weighted by atomic mass is 79.9. The smallest absolute Gasteiger partial charge is 0.256 e. The molecule has 0 saturated heterocycles. The summed E-state index contributed by atoms with van der Waals surface area (Å²) in [5, 5.41) is 2.83. The first-order valence-electron chi connectivity index (χ1n) is 7.83. The molecule has 26 heavy (non-hydrogen) atoms. The van der Waals surface area contributed by atoms with Crippen molar-refractivity contribution in [3.63, 3.8) is 0 Å². The van der Waals surface area contributed by atoms with Crippen LogP contribution in [0.25, 0.3) is 22.6 Å². The van der Waals surface area contributed by atoms with Crippen LogP contribution in [0.15, 0.2) is 75.6 Å². The molecule has 0 aliphatic rings. The van der Waals surface area contributed by atoms with Crippen molar-refractivity contribution in [2.24, 2.45) is 0 Å². The Morgan fingerprint density at radius 1 is 1.04 bits per heavy atom. The van der Waals surface area contributed by atoms with E-state index in [0.717, 1.165) is 0 Å². The minimum Gasteiger partial charge on any atom is -0.436 e. The lowest BCUT2D eigenvalue weighted by atomic mass is 10.2. The van der Waals surface area contributed by atoms with Crippen molar-refractivity contribution in [2.75, 3.05) is 5.32 Å². The SMILES string of the molecule is O=C(Nc1ccc2oc(-c3ccccc3F)nc2c1)c1ccccc1Br. The van der Waals surface area contributed by atoms with Crippen molar-refractivity contribution in [3.8, 4) is 11.5 Å². The van der Waals surface area contributed by atoms with Gasteiger partial charge < -0.3 is 9.73 Å². The van der Waals surface area contributed by atoms with Gasteiger partial charge in [-0.1, -0.05) is 24.3 Å². The molecule has 0 saturated carbocycles. The van der Waals surface area contributed by atoms with Gasteiger partial charge in [0.05, 0.1) is 11.1 Å². The lowest BCUT2D eigenvalue weighted by Crippen LogP contribution is -2.12. The molecule has 128 valence electrons. The standard InChI is InChI=1S/C20H12BrFN2O2/c21-15-7-3-1-5-13(15)19(25)23-12-9-10-18-17(11-12)24-20(26-18)14-6-2-4-8-16(14)22/h1-11H,(H,23,25). The second kappa shape index (κ2) is 6.72. The highest BCUT2D eigenvalue weighted by molar-refractivity contribution is 9.10. The summed E-state index contributed by atoms with van der Waals surface area (Å²) in [4.78, 5) is 16.7. The number of aromatic nitrogens is 1. The van der Waals surface area contributed by atoms with E-state index >= 15 is 0 Å². The van der Waals surface area contributed by atoms with Gasteiger partial charge in [0.25, 0.3) is 5.91 Å². The lowest BCUT2D eigenvalue weighted by molar-refractivity contribution is 0.102. The summed E-state index contributed by atoms with van der Waals surface area (Å²) >= 11 is 3.36. The van der Waals surface area contributed by atoms with Gasteiger partial charge in [-0.2, -0.15) is 0 Å². The molecule has 0 bridgehead atoms. The molecular weight excluding hydrogens is 399 g/mol. The number of halogens is 2. The monoisotopic (exact) mass is 410 g/mol. The number of hydrogen-bond donors (Lipinski definition) is 1. The Morgan fingerprint density at radius 2 is 1.81 bits per heavy atom. The molecule has 0 spiro atoms. The molecule has 6 heteroatoms. The van der Waals surface area contributed by atoms with E-state index in [2.05, 4.69) is 26.2 Å². The zero-order valence-corrected chi connectivity index (χ0v) is 15.0. The summed E-state index contributed by atoms with van der Waals surface area (Å²) in [5.41, 5.74) is 2.45. The summed E-state index contributed by atoms with van der Waals surface area (Å²) in [7, 11) is 0. The number of carbonyl (C=O) groups is 1. The number of fused-ring (bicyclic) bond motifs is 1. The number of oxazole rings is 1. The van der Waals surface area contributed by atoms with Crippen molar-refractivity contribution < 1.29 is 13.6 Å². The third-order valence-corrected chi connectivity index (χ3v) is 4.56. The number of anilines is 1. The van der Waals surface area contributed by atoms with Gasteiger partial charge >= 0.3 is 0 Å². The van der Waals surface area contributed by atoms with Gasteiger partial charge in [-0.25, -0.2) is 9.37 Å². The number of carbonyl (C=O) groups excluding carboxylic acids is 1. The van der Waals surface area contributed by atoms with Gasteiger partial charge in [-0.05, 0) is 58.4 Å². The third-order valence-electron chi connectivity index (χ3n) is 3.87. The Hall–Kier alpha value is -2.99. The van der Waals surface area contributed by atoms with E-state index in [1.165, 1.54) is 6.07 Å². The van der Waals surface area contributed by atoms with Crippen molar-refractivity contribution in [2.45, 2.75) is 0 Å². The molecule has 0 fully saturated rings. The van der Waals surface area contributed by atoms with Gasteiger partial charge in [0.2, 0.25) is 5.89 Å². The number of amides is 1. The molecule has 0 unspecified atom stereocenters. The van der Waals surface area contributed by atoms with Crippen LogP contribution in [0.2, 0.25) is 0 Å². The first-order valence-corrected chi connectivity index (χ1v) is 8.62. The quantitative estimate of drug-likeness (QED) is 0.474. The van der Waals surface area contributed by atoms with E-state index in [1.807, 2.05) is 6.07 Å². The summed E-state index contributed by atoms with van der Waals surface area (Å²) in [5.74, 6) is -0.441. The molecule has 0 radical (unpaired) electrons. The maximum absolute atomic E-state index is 13.9. The number of nitrogens with zero attached hydrogens (tertiary/aromatic N) is 1. The van der Waals surface area contributed by atoms with Crippen LogP contribution in [0.5, 0.6) is 0 Å². The minimum atomic E-state index is -0.401. The van der Waals surface area contributed by atoms with Crippen molar-refractivity contribution in [3.05, 3.63) is 82.6 Å². The van der Waals surface area contributed by atoms with Gasteiger partial charge in [0.15, 0.2) is 5.58 Å². The normalized spacial score (nSPS) is 10.8. The minimum absolute atomic E-state index is 0.201. The Balaban J connectivity index is 1.65.